The number of rotatable bonds is 2. The summed E-state index contributed by atoms with van der Waals surface area (Å²) in [6.07, 6.45) is 0. The molecule has 0 saturated carbocycles. The summed E-state index contributed by atoms with van der Waals surface area (Å²) in [7, 11) is 0. The van der Waals surface area contributed by atoms with Crippen LogP contribution >= 0.6 is 39.1 Å². The van der Waals surface area contributed by atoms with Crippen LogP contribution in [0.1, 0.15) is 0 Å². The molecule has 0 aliphatic heterocycles. The van der Waals surface area contributed by atoms with E-state index in [4.69, 9.17) is 28.9 Å². The first kappa shape index (κ1) is 14.4. The molecule has 0 atom stereocenters. The van der Waals surface area contributed by atoms with Crippen molar-refractivity contribution in [2.45, 2.75) is 0 Å². The molecule has 3 nitrogen and oxygen atoms in total. The molecule has 106 valence electrons. The van der Waals surface area contributed by atoms with E-state index in [1.165, 1.54) is 0 Å². The van der Waals surface area contributed by atoms with Crippen LogP contribution in [0.2, 0.25) is 10.0 Å². The van der Waals surface area contributed by atoms with E-state index >= 15 is 0 Å². The Balaban J connectivity index is 2.07. The molecule has 0 unspecified atom stereocenters. The summed E-state index contributed by atoms with van der Waals surface area (Å²) in [5.74, 6) is 0.540. The molecule has 0 aliphatic carbocycles. The number of nitrogens with two attached hydrogens (primary N) is 1. The number of anilines is 1. The van der Waals surface area contributed by atoms with Crippen LogP contribution in [0.3, 0.4) is 0 Å². The monoisotopic (exact) mass is 381 g/mol. The maximum Gasteiger partial charge on any atom is 0.127 e. The molecule has 0 amide bonds. The van der Waals surface area contributed by atoms with E-state index in [1.54, 1.807) is 22.9 Å². The summed E-state index contributed by atoms with van der Waals surface area (Å²) < 4.78 is 2.67. The summed E-state index contributed by atoms with van der Waals surface area (Å²) in [4.78, 5) is 0. The van der Waals surface area contributed by atoms with E-state index in [9.17, 15) is 0 Å². The Morgan fingerprint density at radius 3 is 2.38 bits per heavy atom. The summed E-state index contributed by atoms with van der Waals surface area (Å²) in [5, 5.41) is 5.65. The average Bonchev–Trinajstić information content (AvgIpc) is 2.81. The number of nitrogens with zero attached hydrogens (tertiary/aromatic N) is 2. The minimum absolute atomic E-state index is 0.540. The zero-order chi connectivity index (χ0) is 15.0. The molecule has 2 N–H and O–H groups in total. The van der Waals surface area contributed by atoms with E-state index in [0.29, 0.717) is 21.6 Å². The fourth-order valence-electron chi connectivity index (χ4n) is 2.01. The van der Waals surface area contributed by atoms with E-state index in [2.05, 4.69) is 21.0 Å². The highest BCUT2D eigenvalue weighted by Gasteiger charge is 2.11. The predicted octanol–water partition coefficient (Wildman–Crippen LogP) is 5.19. The van der Waals surface area contributed by atoms with Gasteiger partial charge in [0.15, 0.2) is 0 Å². The normalized spacial score (nSPS) is 10.8. The fraction of sp³-hybridized carbons (Fsp3) is 0. The highest BCUT2D eigenvalue weighted by molar-refractivity contribution is 9.10. The Kier molecular flexibility index (Phi) is 3.93. The first-order valence-electron chi connectivity index (χ1n) is 6.11. The Labute approximate surface area is 140 Å². The van der Waals surface area contributed by atoms with Crippen molar-refractivity contribution in [1.29, 1.82) is 0 Å². The largest absolute Gasteiger partial charge is 0.384 e. The van der Waals surface area contributed by atoms with Gasteiger partial charge in [0.1, 0.15) is 5.82 Å². The topological polar surface area (TPSA) is 43.8 Å². The first-order valence-corrected chi connectivity index (χ1v) is 7.66. The van der Waals surface area contributed by atoms with Gasteiger partial charge in [-0.1, -0.05) is 39.1 Å². The Morgan fingerprint density at radius 1 is 1.00 bits per heavy atom. The maximum absolute atomic E-state index is 6.21. The molecule has 0 aliphatic rings. The van der Waals surface area contributed by atoms with Crippen molar-refractivity contribution < 1.29 is 0 Å². The highest BCUT2D eigenvalue weighted by atomic mass is 79.9. The quantitative estimate of drug-likeness (QED) is 0.662. The maximum atomic E-state index is 6.21. The number of benzene rings is 2. The van der Waals surface area contributed by atoms with Gasteiger partial charge in [0.25, 0.3) is 0 Å². The van der Waals surface area contributed by atoms with Crippen LogP contribution < -0.4 is 5.73 Å². The molecule has 0 fully saturated rings. The molecule has 0 bridgehead atoms. The van der Waals surface area contributed by atoms with E-state index < -0.39 is 0 Å². The molecule has 3 rings (SSSR count). The molecule has 0 spiro atoms. The van der Waals surface area contributed by atoms with Crippen molar-refractivity contribution >= 4 is 44.9 Å². The van der Waals surface area contributed by atoms with Gasteiger partial charge in [-0.05, 0) is 42.5 Å². The second-order valence-electron chi connectivity index (χ2n) is 4.47. The molecule has 2 aromatic carbocycles. The van der Waals surface area contributed by atoms with Gasteiger partial charge in [0.2, 0.25) is 0 Å². The van der Waals surface area contributed by atoms with Crippen molar-refractivity contribution in [3.63, 3.8) is 0 Å². The van der Waals surface area contributed by atoms with Crippen LogP contribution in [0, 0.1) is 0 Å². The lowest BCUT2D eigenvalue weighted by molar-refractivity contribution is 0.895. The lowest BCUT2D eigenvalue weighted by atomic mass is 10.1. The van der Waals surface area contributed by atoms with E-state index in [-0.39, 0.29) is 0 Å². The number of halogens is 3. The number of nitrogen functional groups attached to an aromatic ring is 1. The minimum atomic E-state index is 0.540. The summed E-state index contributed by atoms with van der Waals surface area (Å²) in [6, 6.07) is 14.8. The van der Waals surface area contributed by atoms with Crippen LogP contribution in [-0.4, -0.2) is 9.78 Å². The van der Waals surface area contributed by atoms with Gasteiger partial charge in [0, 0.05) is 21.1 Å². The highest BCUT2D eigenvalue weighted by Crippen LogP contribution is 2.31. The lowest BCUT2D eigenvalue weighted by Gasteiger charge is -2.04. The Hall–Kier alpha value is -1.49. The number of hydrogen-bond donors (Lipinski definition) is 1. The zero-order valence-electron chi connectivity index (χ0n) is 10.7. The van der Waals surface area contributed by atoms with Gasteiger partial charge >= 0.3 is 0 Å². The predicted molar refractivity (Wildman–Crippen MR) is 91.1 cm³/mol. The Morgan fingerprint density at radius 2 is 1.71 bits per heavy atom. The summed E-state index contributed by atoms with van der Waals surface area (Å²) >= 11 is 15.5. The SMILES string of the molecule is Nc1cc(-c2ccc(Cl)cc2Cl)nn1-c1ccc(Br)cc1. The van der Waals surface area contributed by atoms with Crippen LogP contribution in [0.15, 0.2) is 53.0 Å². The van der Waals surface area contributed by atoms with Gasteiger partial charge in [-0.15, -0.1) is 0 Å². The fourth-order valence-corrected chi connectivity index (χ4v) is 2.78. The summed E-state index contributed by atoms with van der Waals surface area (Å²) in [6.45, 7) is 0. The lowest BCUT2D eigenvalue weighted by Crippen LogP contribution is -2.01. The third kappa shape index (κ3) is 2.93. The molecule has 1 heterocycles. The van der Waals surface area contributed by atoms with Gasteiger partial charge in [-0.3, -0.25) is 0 Å². The molecule has 6 heteroatoms. The second-order valence-corrected chi connectivity index (χ2v) is 6.23. The molecular formula is C15H10BrCl2N3. The first-order chi connectivity index (χ1) is 10.0. The molecular weight excluding hydrogens is 373 g/mol. The van der Waals surface area contributed by atoms with Crippen molar-refractivity contribution in [2.75, 3.05) is 5.73 Å². The van der Waals surface area contributed by atoms with Crippen LogP contribution in [0.5, 0.6) is 0 Å². The van der Waals surface area contributed by atoms with Crippen molar-refractivity contribution in [3.05, 3.63) is 63.0 Å². The Bertz CT molecular complexity index is 797. The van der Waals surface area contributed by atoms with Crippen LogP contribution in [0.25, 0.3) is 16.9 Å². The third-order valence-corrected chi connectivity index (χ3v) is 4.09. The standard InChI is InChI=1S/C15H10BrCl2N3/c16-9-1-4-11(5-2-9)21-15(19)8-14(20-21)12-6-3-10(17)7-13(12)18/h1-8H,19H2. The number of aromatic nitrogens is 2. The molecule has 21 heavy (non-hydrogen) atoms. The van der Waals surface area contributed by atoms with Crippen LogP contribution in [0.4, 0.5) is 5.82 Å². The minimum Gasteiger partial charge on any atom is -0.384 e. The van der Waals surface area contributed by atoms with Gasteiger partial charge in [-0.25, -0.2) is 4.68 Å². The van der Waals surface area contributed by atoms with E-state index in [0.717, 1.165) is 15.7 Å². The van der Waals surface area contributed by atoms with Crippen molar-refractivity contribution in [2.24, 2.45) is 0 Å². The average molecular weight is 383 g/mol. The second kappa shape index (κ2) is 5.72. The smallest absolute Gasteiger partial charge is 0.127 e. The molecule has 0 radical (unpaired) electrons. The zero-order valence-corrected chi connectivity index (χ0v) is 13.8. The third-order valence-electron chi connectivity index (χ3n) is 3.02. The molecule has 3 aromatic rings. The van der Waals surface area contributed by atoms with Crippen molar-refractivity contribution in [1.82, 2.24) is 9.78 Å². The summed E-state index contributed by atoms with van der Waals surface area (Å²) in [5.41, 5.74) is 8.43. The van der Waals surface area contributed by atoms with Crippen molar-refractivity contribution in [3.8, 4) is 16.9 Å². The molecule has 0 saturated heterocycles. The van der Waals surface area contributed by atoms with Crippen LogP contribution in [-0.2, 0) is 0 Å². The van der Waals surface area contributed by atoms with Gasteiger partial charge in [0.05, 0.1) is 16.4 Å². The molecule has 1 aromatic heterocycles. The van der Waals surface area contributed by atoms with E-state index in [1.807, 2.05) is 30.3 Å². The van der Waals surface area contributed by atoms with Gasteiger partial charge < -0.3 is 5.73 Å². The van der Waals surface area contributed by atoms with Gasteiger partial charge in [-0.2, -0.15) is 5.10 Å². The number of hydrogen-bond acceptors (Lipinski definition) is 2.